The molecule has 0 saturated carbocycles. The highest BCUT2D eigenvalue weighted by Crippen LogP contribution is 2.07. The van der Waals surface area contributed by atoms with Gasteiger partial charge in [-0.1, -0.05) is 0 Å². The minimum absolute atomic E-state index is 0.0537. The summed E-state index contributed by atoms with van der Waals surface area (Å²) in [5.74, 6) is -0.0537. The zero-order chi connectivity index (χ0) is 11.7. The lowest BCUT2D eigenvalue weighted by molar-refractivity contribution is -0.122. The van der Waals surface area contributed by atoms with E-state index in [2.05, 4.69) is 10.6 Å². The summed E-state index contributed by atoms with van der Waals surface area (Å²) in [5.41, 5.74) is -0.898. The molecule has 1 amide bonds. The maximum atomic E-state index is 11.2. The number of nitrogens with one attached hydrogen (secondary N) is 2. The number of hydrogen-bond acceptors (Lipinski definition) is 4. The van der Waals surface area contributed by atoms with E-state index in [0.717, 1.165) is 0 Å². The largest absolute Gasteiger partial charge is 0.388 e. The van der Waals surface area contributed by atoms with Crippen LogP contribution in [0.15, 0.2) is 0 Å². The Morgan fingerprint density at radius 2 is 2.20 bits per heavy atom. The van der Waals surface area contributed by atoms with Gasteiger partial charge in [-0.25, -0.2) is 0 Å². The van der Waals surface area contributed by atoms with E-state index in [0.29, 0.717) is 26.0 Å². The van der Waals surface area contributed by atoms with Crippen molar-refractivity contribution >= 4 is 5.91 Å². The highest BCUT2D eigenvalue weighted by Gasteiger charge is 2.20. The van der Waals surface area contributed by atoms with Crippen molar-refractivity contribution in [1.29, 1.82) is 0 Å². The summed E-state index contributed by atoms with van der Waals surface area (Å²) in [6, 6.07) is 0. The predicted octanol–water partition coefficient (Wildman–Crippen LogP) is -0.500. The smallest absolute Gasteiger partial charge is 0.221 e. The molecule has 0 saturated heterocycles. The molecule has 0 radical (unpaired) electrons. The first kappa shape index (κ1) is 14.3. The van der Waals surface area contributed by atoms with Crippen molar-refractivity contribution in [3.63, 3.8) is 0 Å². The van der Waals surface area contributed by atoms with Crippen molar-refractivity contribution < 1.29 is 14.6 Å². The molecule has 3 N–H and O–H groups in total. The van der Waals surface area contributed by atoms with Crippen molar-refractivity contribution in [2.45, 2.75) is 25.4 Å². The van der Waals surface area contributed by atoms with E-state index in [1.54, 1.807) is 21.1 Å². The second-order valence-electron chi connectivity index (χ2n) is 3.87. The zero-order valence-corrected chi connectivity index (χ0v) is 9.80. The van der Waals surface area contributed by atoms with Gasteiger partial charge in [0.15, 0.2) is 0 Å². The lowest BCUT2D eigenvalue weighted by Crippen LogP contribution is -2.41. The summed E-state index contributed by atoms with van der Waals surface area (Å²) in [4.78, 5) is 11.2. The molecular weight excluding hydrogens is 196 g/mol. The fourth-order valence-electron chi connectivity index (χ4n) is 1.03. The van der Waals surface area contributed by atoms with Gasteiger partial charge in [0.05, 0.1) is 5.60 Å². The van der Waals surface area contributed by atoms with E-state index in [9.17, 15) is 9.90 Å². The Hall–Kier alpha value is -0.650. The number of hydrogen-bond donors (Lipinski definition) is 3. The number of aliphatic hydroxyl groups is 1. The molecule has 15 heavy (non-hydrogen) atoms. The van der Waals surface area contributed by atoms with Crippen LogP contribution in [0.25, 0.3) is 0 Å². The molecule has 90 valence electrons. The van der Waals surface area contributed by atoms with Crippen LogP contribution in [-0.4, -0.2) is 50.5 Å². The molecule has 5 nitrogen and oxygen atoms in total. The van der Waals surface area contributed by atoms with Gasteiger partial charge in [-0.05, 0) is 14.0 Å². The van der Waals surface area contributed by atoms with Gasteiger partial charge in [-0.2, -0.15) is 0 Å². The molecule has 0 aliphatic carbocycles. The molecule has 5 heteroatoms. The summed E-state index contributed by atoms with van der Waals surface area (Å²) in [7, 11) is 3.38. The molecule has 1 atom stereocenters. The van der Waals surface area contributed by atoms with Crippen LogP contribution in [0.4, 0.5) is 0 Å². The van der Waals surface area contributed by atoms with E-state index in [-0.39, 0.29) is 12.5 Å². The SMILES string of the molecule is CNCCC(=O)NCC(C)(O)CCOC. The first-order valence-electron chi connectivity index (χ1n) is 5.14. The van der Waals surface area contributed by atoms with Gasteiger partial charge in [0, 0.05) is 39.6 Å². The maximum absolute atomic E-state index is 11.2. The molecular formula is C10H22N2O3. The highest BCUT2D eigenvalue weighted by molar-refractivity contribution is 5.76. The lowest BCUT2D eigenvalue weighted by atomic mass is 10.0. The Kier molecular flexibility index (Phi) is 7.29. The van der Waals surface area contributed by atoms with Crippen LogP contribution in [0, 0.1) is 0 Å². The van der Waals surface area contributed by atoms with Crippen LogP contribution >= 0.6 is 0 Å². The molecule has 0 bridgehead atoms. The fraction of sp³-hybridized carbons (Fsp3) is 0.900. The van der Waals surface area contributed by atoms with Gasteiger partial charge >= 0.3 is 0 Å². The summed E-state index contributed by atoms with van der Waals surface area (Å²) < 4.78 is 4.87. The first-order chi connectivity index (χ1) is 7.02. The summed E-state index contributed by atoms with van der Waals surface area (Å²) in [6.07, 6.45) is 0.937. The molecule has 0 heterocycles. The number of rotatable bonds is 8. The molecule has 0 aliphatic rings. The van der Waals surface area contributed by atoms with Gasteiger partial charge < -0.3 is 20.5 Å². The van der Waals surface area contributed by atoms with Gasteiger partial charge in [-0.3, -0.25) is 4.79 Å². The van der Waals surface area contributed by atoms with Crippen molar-refractivity contribution in [3.05, 3.63) is 0 Å². The second-order valence-corrected chi connectivity index (χ2v) is 3.87. The Morgan fingerprint density at radius 3 is 2.73 bits per heavy atom. The maximum Gasteiger partial charge on any atom is 0.221 e. The first-order valence-corrected chi connectivity index (χ1v) is 5.14. The Balaban J connectivity index is 3.67. The van der Waals surface area contributed by atoms with E-state index < -0.39 is 5.60 Å². The monoisotopic (exact) mass is 218 g/mol. The summed E-state index contributed by atoms with van der Waals surface area (Å²) >= 11 is 0. The van der Waals surface area contributed by atoms with Crippen LogP contribution < -0.4 is 10.6 Å². The predicted molar refractivity (Wildman–Crippen MR) is 58.7 cm³/mol. The molecule has 0 aromatic rings. The second kappa shape index (κ2) is 7.62. The Bertz CT molecular complexity index is 184. The quantitative estimate of drug-likeness (QED) is 0.513. The average Bonchev–Trinajstić information content (AvgIpc) is 2.21. The van der Waals surface area contributed by atoms with E-state index in [1.165, 1.54) is 0 Å². The molecule has 1 unspecified atom stereocenters. The Labute approximate surface area is 91.2 Å². The minimum Gasteiger partial charge on any atom is -0.388 e. The normalized spacial score (nSPS) is 14.7. The number of ether oxygens (including phenoxy) is 1. The average molecular weight is 218 g/mol. The molecule has 0 aromatic carbocycles. The summed E-state index contributed by atoms with van der Waals surface area (Å²) in [6.45, 7) is 3.08. The zero-order valence-electron chi connectivity index (χ0n) is 9.80. The van der Waals surface area contributed by atoms with Crippen LogP contribution in [0.5, 0.6) is 0 Å². The third-order valence-electron chi connectivity index (χ3n) is 2.11. The van der Waals surface area contributed by atoms with Crippen LogP contribution in [0.3, 0.4) is 0 Å². The van der Waals surface area contributed by atoms with Gasteiger partial charge in [0.25, 0.3) is 0 Å². The third kappa shape index (κ3) is 8.35. The number of methoxy groups -OCH3 is 1. The van der Waals surface area contributed by atoms with Gasteiger partial charge in [0.2, 0.25) is 5.91 Å². The number of amides is 1. The lowest BCUT2D eigenvalue weighted by Gasteiger charge is -2.23. The van der Waals surface area contributed by atoms with E-state index in [4.69, 9.17) is 4.74 Å². The third-order valence-corrected chi connectivity index (χ3v) is 2.11. The Morgan fingerprint density at radius 1 is 1.53 bits per heavy atom. The molecule has 0 spiro atoms. The van der Waals surface area contributed by atoms with Gasteiger partial charge in [-0.15, -0.1) is 0 Å². The number of carbonyl (C=O) groups is 1. The van der Waals surface area contributed by atoms with Crippen molar-refractivity contribution in [2.75, 3.05) is 33.9 Å². The topological polar surface area (TPSA) is 70.6 Å². The van der Waals surface area contributed by atoms with Crippen molar-refractivity contribution in [1.82, 2.24) is 10.6 Å². The van der Waals surface area contributed by atoms with Crippen LogP contribution in [0.1, 0.15) is 19.8 Å². The highest BCUT2D eigenvalue weighted by atomic mass is 16.5. The minimum atomic E-state index is -0.898. The summed E-state index contributed by atoms with van der Waals surface area (Å²) in [5, 5.41) is 15.4. The molecule has 0 aliphatic heterocycles. The molecule has 0 aromatic heterocycles. The molecule has 0 fully saturated rings. The van der Waals surface area contributed by atoms with E-state index in [1.807, 2.05) is 0 Å². The van der Waals surface area contributed by atoms with Crippen LogP contribution in [0.2, 0.25) is 0 Å². The van der Waals surface area contributed by atoms with E-state index >= 15 is 0 Å². The van der Waals surface area contributed by atoms with Gasteiger partial charge in [0.1, 0.15) is 0 Å². The number of carbonyl (C=O) groups excluding carboxylic acids is 1. The molecule has 0 rings (SSSR count). The van der Waals surface area contributed by atoms with Crippen molar-refractivity contribution in [2.24, 2.45) is 0 Å². The standard InChI is InChI=1S/C10H22N2O3/c1-10(14,5-7-15-3)8-12-9(13)4-6-11-2/h11,14H,4-8H2,1-3H3,(H,12,13). The fourth-order valence-corrected chi connectivity index (χ4v) is 1.03. The van der Waals surface area contributed by atoms with Crippen molar-refractivity contribution in [3.8, 4) is 0 Å². The van der Waals surface area contributed by atoms with Crippen LogP contribution in [-0.2, 0) is 9.53 Å².